The molecule has 51 heavy (non-hydrogen) atoms. The molecule has 1 aliphatic heterocycles. The summed E-state index contributed by atoms with van der Waals surface area (Å²) in [6, 6.07) is 18.4. The fraction of sp³-hybridized carbons (Fsp3) is 0.211. The maximum absolute atomic E-state index is 15.5. The second-order valence-electron chi connectivity index (χ2n) is 11.9. The average Bonchev–Trinajstić information content (AvgIpc) is 3.78. The van der Waals surface area contributed by atoms with Gasteiger partial charge in [0.2, 0.25) is 0 Å². The van der Waals surface area contributed by atoms with Crippen molar-refractivity contribution in [2.75, 3.05) is 32.1 Å². The molecule has 10 nitrogen and oxygen atoms in total. The smallest absolute Gasteiger partial charge is 0.271 e. The first-order chi connectivity index (χ1) is 24.8. The SMILES string of the molecule is CCOc1ccn(-c2ccc(F)cc2)c(=O)c1C(=O)Nc1ccc(Oc2ccnc3cc(-c4ccc(CN5CCC(OC)C5)cn4)sc23)c(F)c1. The van der Waals surface area contributed by atoms with Crippen molar-refractivity contribution in [1.29, 1.82) is 0 Å². The van der Waals surface area contributed by atoms with Crippen LogP contribution in [0.25, 0.3) is 26.5 Å². The second kappa shape index (κ2) is 14.8. The number of amides is 1. The Labute approximate surface area is 295 Å². The molecular weight excluding hydrogens is 677 g/mol. The summed E-state index contributed by atoms with van der Waals surface area (Å²) in [7, 11) is 1.75. The number of hydrogen-bond donors (Lipinski definition) is 1. The van der Waals surface area contributed by atoms with Gasteiger partial charge in [-0.25, -0.2) is 8.78 Å². The molecule has 0 spiro atoms. The van der Waals surface area contributed by atoms with Gasteiger partial charge in [-0.05, 0) is 73.5 Å². The van der Waals surface area contributed by atoms with Gasteiger partial charge in [0.15, 0.2) is 11.6 Å². The molecule has 1 N–H and O–H groups in total. The summed E-state index contributed by atoms with van der Waals surface area (Å²) in [4.78, 5) is 39.3. The lowest BCUT2D eigenvalue weighted by Gasteiger charge is -2.15. The van der Waals surface area contributed by atoms with Gasteiger partial charge in [-0.3, -0.25) is 29.0 Å². The maximum Gasteiger partial charge on any atom is 0.271 e. The minimum atomic E-state index is -0.799. The largest absolute Gasteiger partial charge is 0.493 e. The topological polar surface area (TPSA) is 108 Å². The number of rotatable bonds is 11. The van der Waals surface area contributed by atoms with Gasteiger partial charge in [0, 0.05) is 68.8 Å². The van der Waals surface area contributed by atoms with Crippen molar-refractivity contribution in [1.82, 2.24) is 19.4 Å². The second-order valence-corrected chi connectivity index (χ2v) is 13.0. The number of anilines is 1. The number of nitrogens with one attached hydrogen (secondary N) is 1. The van der Waals surface area contributed by atoms with Crippen LogP contribution in [-0.2, 0) is 11.3 Å². The molecule has 1 unspecified atom stereocenters. The number of pyridine rings is 3. The zero-order valence-electron chi connectivity index (χ0n) is 27.8. The first kappa shape index (κ1) is 34.0. The van der Waals surface area contributed by atoms with Crippen molar-refractivity contribution in [3.8, 4) is 33.5 Å². The van der Waals surface area contributed by atoms with Crippen LogP contribution < -0.4 is 20.3 Å². The van der Waals surface area contributed by atoms with Gasteiger partial charge in [-0.2, -0.15) is 0 Å². The van der Waals surface area contributed by atoms with Crippen LogP contribution in [0.1, 0.15) is 29.3 Å². The lowest BCUT2D eigenvalue weighted by atomic mass is 10.2. The van der Waals surface area contributed by atoms with E-state index in [1.165, 1.54) is 64.6 Å². The summed E-state index contributed by atoms with van der Waals surface area (Å²) in [5.74, 6) is -1.59. The molecule has 5 heterocycles. The van der Waals surface area contributed by atoms with E-state index in [2.05, 4.69) is 21.3 Å². The number of hydrogen-bond acceptors (Lipinski definition) is 9. The number of benzene rings is 2. The molecule has 260 valence electrons. The van der Waals surface area contributed by atoms with Gasteiger partial charge >= 0.3 is 0 Å². The van der Waals surface area contributed by atoms with Gasteiger partial charge in [-0.1, -0.05) is 6.07 Å². The lowest BCUT2D eigenvalue weighted by Crippen LogP contribution is -2.29. The first-order valence-electron chi connectivity index (χ1n) is 16.3. The lowest BCUT2D eigenvalue weighted by molar-refractivity contribution is 0.102. The molecule has 7 rings (SSSR count). The normalized spacial score (nSPS) is 14.5. The van der Waals surface area contributed by atoms with E-state index in [0.29, 0.717) is 17.0 Å². The highest BCUT2D eigenvalue weighted by Crippen LogP contribution is 2.39. The third kappa shape index (κ3) is 7.36. The minimum absolute atomic E-state index is 0.0599. The molecule has 1 amide bonds. The van der Waals surface area contributed by atoms with Crippen LogP contribution in [0.4, 0.5) is 14.5 Å². The van der Waals surface area contributed by atoms with E-state index >= 15 is 4.39 Å². The molecule has 4 aromatic heterocycles. The van der Waals surface area contributed by atoms with Crippen LogP contribution in [0.5, 0.6) is 17.2 Å². The monoisotopic (exact) mass is 709 g/mol. The quantitative estimate of drug-likeness (QED) is 0.148. The third-order valence-electron chi connectivity index (χ3n) is 8.52. The highest BCUT2D eigenvalue weighted by molar-refractivity contribution is 7.22. The van der Waals surface area contributed by atoms with Crippen molar-refractivity contribution in [3.63, 3.8) is 0 Å². The molecular formula is C38H33F2N5O5S. The molecule has 1 fully saturated rings. The summed E-state index contributed by atoms with van der Waals surface area (Å²) in [5, 5.41) is 2.59. The molecule has 6 aromatic rings. The Morgan fingerprint density at radius 3 is 2.57 bits per heavy atom. The fourth-order valence-electron chi connectivity index (χ4n) is 5.96. The van der Waals surface area contributed by atoms with E-state index in [1.54, 1.807) is 26.3 Å². The number of ether oxygens (including phenoxy) is 3. The van der Waals surface area contributed by atoms with Gasteiger partial charge in [0.25, 0.3) is 11.5 Å². The number of thiophene rings is 1. The molecule has 0 radical (unpaired) electrons. The summed E-state index contributed by atoms with van der Waals surface area (Å²) in [6.45, 7) is 4.63. The fourth-order valence-corrected chi connectivity index (χ4v) is 7.00. The number of nitrogens with zero attached hydrogens (tertiary/aromatic N) is 4. The zero-order chi connectivity index (χ0) is 35.5. The highest BCUT2D eigenvalue weighted by atomic mass is 32.1. The Balaban J connectivity index is 1.07. The molecule has 0 aliphatic carbocycles. The van der Waals surface area contributed by atoms with Crippen molar-refractivity contribution in [2.24, 2.45) is 0 Å². The van der Waals surface area contributed by atoms with E-state index in [4.69, 9.17) is 19.2 Å². The van der Waals surface area contributed by atoms with E-state index in [0.717, 1.165) is 53.0 Å². The molecule has 0 bridgehead atoms. The third-order valence-corrected chi connectivity index (χ3v) is 9.68. The number of methoxy groups -OCH3 is 1. The summed E-state index contributed by atoms with van der Waals surface area (Å²) >= 11 is 1.44. The first-order valence-corrected chi connectivity index (χ1v) is 17.1. The van der Waals surface area contributed by atoms with E-state index in [1.807, 2.05) is 18.3 Å². The van der Waals surface area contributed by atoms with Gasteiger partial charge in [0.1, 0.15) is 22.9 Å². The predicted octanol–water partition coefficient (Wildman–Crippen LogP) is 7.45. The highest BCUT2D eigenvalue weighted by Gasteiger charge is 2.23. The van der Waals surface area contributed by atoms with E-state index < -0.39 is 23.1 Å². The number of carbonyl (C=O) groups excluding carboxylic acids is 1. The van der Waals surface area contributed by atoms with Crippen LogP contribution >= 0.6 is 11.3 Å². The van der Waals surface area contributed by atoms with Crippen LogP contribution in [-0.4, -0.2) is 58.3 Å². The van der Waals surface area contributed by atoms with Crippen molar-refractivity contribution >= 4 is 33.1 Å². The number of halogens is 2. The minimum Gasteiger partial charge on any atom is -0.493 e. The summed E-state index contributed by atoms with van der Waals surface area (Å²) < 4.78 is 47.9. The average molecular weight is 710 g/mol. The summed E-state index contributed by atoms with van der Waals surface area (Å²) in [6.07, 6.45) is 6.22. The Morgan fingerprint density at radius 2 is 1.84 bits per heavy atom. The van der Waals surface area contributed by atoms with Crippen molar-refractivity contribution in [2.45, 2.75) is 26.0 Å². The number of aromatic nitrogens is 3. The van der Waals surface area contributed by atoms with Crippen molar-refractivity contribution in [3.05, 3.63) is 125 Å². The number of carbonyl (C=O) groups is 1. The molecule has 13 heteroatoms. The predicted molar refractivity (Wildman–Crippen MR) is 191 cm³/mol. The Morgan fingerprint density at radius 1 is 1.00 bits per heavy atom. The van der Waals surface area contributed by atoms with Crippen LogP contribution in [0.15, 0.2) is 96.2 Å². The Bertz CT molecular complexity index is 2260. The van der Waals surface area contributed by atoms with Gasteiger partial charge < -0.3 is 19.5 Å². The Kier molecular flexibility index (Phi) is 9.84. The molecule has 2 aromatic carbocycles. The zero-order valence-corrected chi connectivity index (χ0v) is 28.6. The Hall–Kier alpha value is -5.50. The van der Waals surface area contributed by atoms with Crippen LogP contribution in [0, 0.1) is 11.6 Å². The van der Waals surface area contributed by atoms with Crippen molar-refractivity contribution < 1.29 is 27.8 Å². The van der Waals surface area contributed by atoms with Crippen LogP contribution in [0.2, 0.25) is 0 Å². The summed E-state index contributed by atoms with van der Waals surface area (Å²) in [5.41, 5.74) is 2.09. The molecule has 0 saturated carbocycles. The van der Waals surface area contributed by atoms with Gasteiger partial charge in [-0.15, -0.1) is 11.3 Å². The molecule has 1 aliphatic rings. The number of fused-ring (bicyclic) bond motifs is 1. The number of likely N-dealkylation sites (tertiary alicyclic amines) is 1. The van der Waals surface area contributed by atoms with E-state index in [-0.39, 0.29) is 35.5 Å². The molecule has 1 atom stereocenters. The van der Waals surface area contributed by atoms with E-state index in [9.17, 15) is 14.0 Å². The van der Waals surface area contributed by atoms with Gasteiger partial charge in [0.05, 0.1) is 33.5 Å². The maximum atomic E-state index is 15.5. The molecule has 1 saturated heterocycles. The standard InChI is InChI=1S/C38H33F2N5O5S/c1-3-49-32-14-17-45(26-8-5-24(39)6-9-26)38(47)35(32)37(46)43-25-7-11-31(28(40)18-25)50-33-12-15-41-30-19-34(51-36(30)33)29-10-4-23(20-42-29)21-44-16-13-27(22-44)48-2/h4-12,14-15,17-20,27H,3,13,16,21-22H2,1-2H3,(H,43,46). The van der Waals surface area contributed by atoms with Crippen LogP contribution in [0.3, 0.4) is 0 Å².